The summed E-state index contributed by atoms with van der Waals surface area (Å²) in [4.78, 5) is 0. The third-order valence-electron chi connectivity index (χ3n) is 1.59. The Morgan fingerprint density at radius 3 is 2.85 bits per heavy atom. The van der Waals surface area contributed by atoms with Gasteiger partial charge in [-0.2, -0.15) is 12.6 Å². The van der Waals surface area contributed by atoms with Crippen LogP contribution in [-0.4, -0.2) is 10.5 Å². The van der Waals surface area contributed by atoms with Gasteiger partial charge >= 0.3 is 0 Å². The minimum absolute atomic E-state index is 0.00277. The third-order valence-corrected chi connectivity index (χ3v) is 1.72. The van der Waals surface area contributed by atoms with Gasteiger partial charge in [-0.05, 0) is 25.1 Å². The second kappa shape index (κ2) is 4.48. The summed E-state index contributed by atoms with van der Waals surface area (Å²) >= 11 is 4.13. The SMILES string of the molecule is CC(S)Nc1ccc(F)c(CO)c1. The van der Waals surface area contributed by atoms with E-state index < -0.39 is 0 Å². The lowest BCUT2D eigenvalue weighted by Crippen LogP contribution is -2.07. The maximum Gasteiger partial charge on any atom is 0.128 e. The van der Waals surface area contributed by atoms with Gasteiger partial charge in [0.25, 0.3) is 0 Å². The number of aliphatic hydroxyl groups is 1. The van der Waals surface area contributed by atoms with Crippen LogP contribution in [0.2, 0.25) is 0 Å². The van der Waals surface area contributed by atoms with Crippen molar-refractivity contribution in [3.05, 3.63) is 29.6 Å². The summed E-state index contributed by atoms with van der Waals surface area (Å²) in [7, 11) is 0. The summed E-state index contributed by atoms with van der Waals surface area (Å²) in [6.07, 6.45) is 0. The molecule has 1 atom stereocenters. The molecule has 0 aliphatic rings. The first-order valence-electron chi connectivity index (χ1n) is 3.97. The molecule has 0 aliphatic heterocycles. The van der Waals surface area contributed by atoms with Crippen molar-refractivity contribution >= 4 is 18.3 Å². The molecule has 1 aromatic carbocycles. The number of benzene rings is 1. The van der Waals surface area contributed by atoms with Crippen LogP contribution in [0.15, 0.2) is 18.2 Å². The summed E-state index contributed by atoms with van der Waals surface area (Å²) in [5, 5.41) is 11.8. The van der Waals surface area contributed by atoms with E-state index in [-0.39, 0.29) is 17.8 Å². The quantitative estimate of drug-likeness (QED) is 0.516. The maximum atomic E-state index is 12.9. The van der Waals surface area contributed by atoms with Crippen molar-refractivity contribution in [3.8, 4) is 0 Å². The molecule has 1 aromatic rings. The molecular weight excluding hydrogens is 189 g/mol. The van der Waals surface area contributed by atoms with E-state index in [0.29, 0.717) is 5.56 Å². The number of hydrogen-bond acceptors (Lipinski definition) is 3. The summed E-state index contributed by atoms with van der Waals surface area (Å²) in [6.45, 7) is 1.58. The molecule has 72 valence electrons. The van der Waals surface area contributed by atoms with Gasteiger partial charge in [0.05, 0.1) is 12.0 Å². The summed E-state index contributed by atoms with van der Waals surface area (Å²) in [5.74, 6) is -0.389. The van der Waals surface area contributed by atoms with Crippen LogP contribution >= 0.6 is 12.6 Å². The number of anilines is 1. The average molecular weight is 201 g/mol. The van der Waals surface area contributed by atoms with Gasteiger partial charge < -0.3 is 10.4 Å². The van der Waals surface area contributed by atoms with Gasteiger partial charge in [-0.3, -0.25) is 0 Å². The van der Waals surface area contributed by atoms with Crippen molar-refractivity contribution < 1.29 is 9.50 Å². The molecule has 13 heavy (non-hydrogen) atoms. The molecule has 0 bridgehead atoms. The van der Waals surface area contributed by atoms with E-state index in [1.807, 2.05) is 6.92 Å². The lowest BCUT2D eigenvalue weighted by molar-refractivity contribution is 0.276. The Morgan fingerprint density at radius 2 is 2.31 bits per heavy atom. The molecule has 0 saturated heterocycles. The molecule has 0 radical (unpaired) electrons. The maximum absolute atomic E-state index is 12.9. The van der Waals surface area contributed by atoms with Crippen LogP contribution in [0.5, 0.6) is 0 Å². The smallest absolute Gasteiger partial charge is 0.128 e. The lowest BCUT2D eigenvalue weighted by atomic mass is 10.2. The molecule has 0 fully saturated rings. The van der Waals surface area contributed by atoms with Crippen LogP contribution in [0, 0.1) is 5.82 Å². The third kappa shape index (κ3) is 2.90. The highest BCUT2D eigenvalue weighted by molar-refractivity contribution is 7.81. The van der Waals surface area contributed by atoms with E-state index in [1.54, 1.807) is 12.1 Å². The monoisotopic (exact) mass is 201 g/mol. The van der Waals surface area contributed by atoms with Gasteiger partial charge in [0.1, 0.15) is 5.82 Å². The fourth-order valence-electron chi connectivity index (χ4n) is 1.03. The number of nitrogens with one attached hydrogen (secondary N) is 1. The van der Waals surface area contributed by atoms with Gasteiger partial charge in [-0.25, -0.2) is 4.39 Å². The standard InChI is InChI=1S/C9H12FNOS/c1-6(13)11-8-2-3-9(10)7(4-8)5-12/h2-4,6,11-13H,5H2,1H3. The Balaban J connectivity index is 2.86. The Labute approximate surface area is 82.2 Å². The zero-order valence-electron chi connectivity index (χ0n) is 7.29. The highest BCUT2D eigenvalue weighted by Gasteiger charge is 2.02. The molecular formula is C9H12FNOS. The molecule has 0 aliphatic carbocycles. The van der Waals surface area contributed by atoms with Gasteiger partial charge in [0.15, 0.2) is 0 Å². The molecule has 0 spiro atoms. The first kappa shape index (κ1) is 10.3. The minimum Gasteiger partial charge on any atom is -0.392 e. The highest BCUT2D eigenvalue weighted by atomic mass is 32.1. The predicted octanol–water partition coefficient (Wildman–Crippen LogP) is 2.01. The van der Waals surface area contributed by atoms with Crippen molar-refractivity contribution in [1.82, 2.24) is 0 Å². The highest BCUT2D eigenvalue weighted by Crippen LogP contribution is 2.15. The molecule has 4 heteroatoms. The first-order chi connectivity index (χ1) is 6.13. The Bertz CT molecular complexity index is 291. The molecule has 0 heterocycles. The van der Waals surface area contributed by atoms with Crippen molar-refractivity contribution in [2.45, 2.75) is 18.9 Å². The van der Waals surface area contributed by atoms with Crippen LogP contribution in [0.1, 0.15) is 12.5 Å². The molecule has 2 nitrogen and oxygen atoms in total. The zero-order chi connectivity index (χ0) is 9.84. The van der Waals surface area contributed by atoms with E-state index in [9.17, 15) is 4.39 Å². The zero-order valence-corrected chi connectivity index (χ0v) is 8.18. The normalized spacial score (nSPS) is 12.6. The van der Waals surface area contributed by atoms with Gasteiger partial charge in [-0.15, -0.1) is 0 Å². The lowest BCUT2D eigenvalue weighted by Gasteiger charge is -2.10. The van der Waals surface area contributed by atoms with Crippen molar-refractivity contribution in [2.75, 3.05) is 5.32 Å². The van der Waals surface area contributed by atoms with Crippen molar-refractivity contribution in [1.29, 1.82) is 0 Å². The van der Waals surface area contributed by atoms with Gasteiger partial charge in [0, 0.05) is 11.3 Å². The Morgan fingerprint density at radius 1 is 1.62 bits per heavy atom. The second-order valence-electron chi connectivity index (χ2n) is 2.78. The molecule has 0 amide bonds. The fourth-order valence-corrected chi connectivity index (χ4v) is 1.18. The van der Waals surface area contributed by atoms with Crippen LogP contribution in [0.3, 0.4) is 0 Å². The summed E-state index contributed by atoms with van der Waals surface area (Å²) < 4.78 is 12.9. The number of aliphatic hydroxyl groups excluding tert-OH is 1. The number of hydrogen-bond donors (Lipinski definition) is 3. The topological polar surface area (TPSA) is 32.3 Å². The minimum atomic E-state index is -0.389. The second-order valence-corrected chi connectivity index (χ2v) is 3.56. The molecule has 0 saturated carbocycles. The Kier molecular flexibility index (Phi) is 3.57. The molecule has 1 rings (SSSR count). The molecule has 1 unspecified atom stereocenters. The fraction of sp³-hybridized carbons (Fsp3) is 0.333. The summed E-state index contributed by atoms with van der Waals surface area (Å²) in [5.41, 5.74) is 1.05. The van der Waals surface area contributed by atoms with E-state index in [4.69, 9.17) is 5.11 Å². The Hall–Kier alpha value is -0.740. The van der Waals surface area contributed by atoms with E-state index in [2.05, 4.69) is 17.9 Å². The molecule has 0 aromatic heterocycles. The predicted molar refractivity (Wildman–Crippen MR) is 54.4 cm³/mol. The van der Waals surface area contributed by atoms with Gasteiger partial charge in [0.2, 0.25) is 0 Å². The van der Waals surface area contributed by atoms with Crippen LogP contribution in [-0.2, 0) is 6.61 Å². The van der Waals surface area contributed by atoms with E-state index in [0.717, 1.165) is 5.69 Å². The average Bonchev–Trinajstić information content (AvgIpc) is 2.07. The number of halogens is 1. The van der Waals surface area contributed by atoms with Crippen LogP contribution in [0.25, 0.3) is 0 Å². The number of rotatable bonds is 3. The van der Waals surface area contributed by atoms with Crippen LogP contribution < -0.4 is 5.32 Å². The van der Waals surface area contributed by atoms with E-state index in [1.165, 1.54) is 6.07 Å². The first-order valence-corrected chi connectivity index (χ1v) is 4.49. The van der Waals surface area contributed by atoms with Gasteiger partial charge in [-0.1, -0.05) is 0 Å². The molecule has 2 N–H and O–H groups in total. The largest absolute Gasteiger partial charge is 0.392 e. The van der Waals surface area contributed by atoms with Crippen molar-refractivity contribution in [2.24, 2.45) is 0 Å². The van der Waals surface area contributed by atoms with E-state index >= 15 is 0 Å². The number of thiol groups is 1. The van der Waals surface area contributed by atoms with Crippen molar-refractivity contribution in [3.63, 3.8) is 0 Å². The van der Waals surface area contributed by atoms with Crippen LogP contribution in [0.4, 0.5) is 10.1 Å². The summed E-state index contributed by atoms with van der Waals surface area (Å²) in [6, 6.07) is 4.51.